The fraction of sp³-hybridized carbons (Fsp3) is 0.167. The molecule has 0 fully saturated rings. The zero-order chi connectivity index (χ0) is 9.84. The van der Waals surface area contributed by atoms with Gasteiger partial charge in [0.2, 0.25) is 6.86 Å². The van der Waals surface area contributed by atoms with Gasteiger partial charge in [0.25, 0.3) is 4.60 Å². The van der Waals surface area contributed by atoms with E-state index < -0.39 is 11.8 Å². The van der Waals surface area contributed by atoms with Crippen LogP contribution in [0.4, 0.5) is 10.2 Å². The normalized spacial score (nSPS) is 9.69. The minimum Gasteiger partial charge on any atom is -0.458 e. The number of alkyl halides is 1. The van der Waals surface area contributed by atoms with Crippen molar-refractivity contribution in [2.75, 3.05) is 6.86 Å². The Hall–Kier alpha value is -1.24. The smallest absolute Gasteiger partial charge is 0.364 e. The standard InChI is InChI=1S/C6H4BrFN2O3/c7-6-4(13-3-8)1-2-5(9-6)10(11)12/h1-2H,3H2. The van der Waals surface area contributed by atoms with Crippen molar-refractivity contribution in [3.63, 3.8) is 0 Å². The lowest BCUT2D eigenvalue weighted by atomic mass is 10.4. The molecule has 0 atom stereocenters. The molecular formula is C6H4BrFN2O3. The topological polar surface area (TPSA) is 65.3 Å². The van der Waals surface area contributed by atoms with Gasteiger partial charge in [-0.2, -0.15) is 0 Å². The van der Waals surface area contributed by atoms with Crippen LogP contribution in [0.2, 0.25) is 0 Å². The first-order valence-corrected chi connectivity index (χ1v) is 3.94. The monoisotopic (exact) mass is 250 g/mol. The molecular weight excluding hydrogens is 247 g/mol. The van der Waals surface area contributed by atoms with Gasteiger partial charge < -0.3 is 14.9 Å². The number of halogens is 2. The van der Waals surface area contributed by atoms with E-state index in [2.05, 4.69) is 25.7 Å². The van der Waals surface area contributed by atoms with Gasteiger partial charge >= 0.3 is 5.82 Å². The maximum absolute atomic E-state index is 11.7. The highest BCUT2D eigenvalue weighted by Gasteiger charge is 2.13. The highest BCUT2D eigenvalue weighted by molar-refractivity contribution is 9.10. The van der Waals surface area contributed by atoms with Crippen LogP contribution in [0.1, 0.15) is 0 Å². The van der Waals surface area contributed by atoms with Gasteiger partial charge in [-0.25, -0.2) is 4.39 Å². The van der Waals surface area contributed by atoms with Crippen molar-refractivity contribution < 1.29 is 14.1 Å². The summed E-state index contributed by atoms with van der Waals surface area (Å²) in [5.74, 6) is -0.189. The first-order chi connectivity index (χ1) is 6.15. The molecule has 1 rings (SSSR count). The Kier molecular flexibility index (Phi) is 3.13. The molecule has 0 radical (unpaired) electrons. The van der Waals surface area contributed by atoms with E-state index in [0.717, 1.165) is 6.07 Å². The zero-order valence-electron chi connectivity index (χ0n) is 6.24. The maximum atomic E-state index is 11.7. The van der Waals surface area contributed by atoms with Crippen molar-refractivity contribution in [3.8, 4) is 5.75 Å². The second kappa shape index (κ2) is 4.13. The summed E-state index contributed by atoms with van der Waals surface area (Å²) in [5.41, 5.74) is 0. The summed E-state index contributed by atoms with van der Waals surface area (Å²) in [5, 5.41) is 10.2. The van der Waals surface area contributed by atoms with Crippen LogP contribution in [0.25, 0.3) is 0 Å². The lowest BCUT2D eigenvalue weighted by molar-refractivity contribution is -0.389. The molecule has 1 aromatic heterocycles. The molecule has 70 valence electrons. The van der Waals surface area contributed by atoms with Crippen LogP contribution >= 0.6 is 15.9 Å². The van der Waals surface area contributed by atoms with Crippen LogP contribution in [0.3, 0.4) is 0 Å². The van der Waals surface area contributed by atoms with Crippen LogP contribution in [-0.4, -0.2) is 16.8 Å². The van der Waals surface area contributed by atoms with Crippen molar-refractivity contribution in [1.82, 2.24) is 4.98 Å². The third-order valence-corrected chi connectivity index (χ3v) is 1.77. The van der Waals surface area contributed by atoms with Crippen LogP contribution in [0.15, 0.2) is 16.7 Å². The molecule has 0 aromatic carbocycles. The molecule has 0 aliphatic heterocycles. The van der Waals surface area contributed by atoms with Gasteiger partial charge in [0, 0.05) is 22.0 Å². The van der Waals surface area contributed by atoms with Gasteiger partial charge in [-0.15, -0.1) is 0 Å². The SMILES string of the molecule is O=[N+]([O-])c1ccc(OCF)c(Br)n1. The van der Waals surface area contributed by atoms with Crippen molar-refractivity contribution in [1.29, 1.82) is 0 Å². The number of aromatic nitrogens is 1. The Bertz CT molecular complexity index is 334. The second-order valence-corrected chi connectivity index (χ2v) is 2.72. The Morgan fingerprint density at radius 3 is 2.85 bits per heavy atom. The van der Waals surface area contributed by atoms with E-state index >= 15 is 0 Å². The molecule has 0 aliphatic carbocycles. The quantitative estimate of drug-likeness (QED) is 0.468. The maximum Gasteiger partial charge on any atom is 0.364 e. The molecule has 0 N–H and O–H groups in total. The molecule has 0 unspecified atom stereocenters. The number of nitrogens with zero attached hydrogens (tertiary/aromatic N) is 2. The minimum atomic E-state index is -1.00. The van der Waals surface area contributed by atoms with E-state index in [9.17, 15) is 14.5 Å². The van der Waals surface area contributed by atoms with Crippen molar-refractivity contribution >= 4 is 21.7 Å². The summed E-state index contributed by atoms with van der Waals surface area (Å²) in [4.78, 5) is 13.1. The van der Waals surface area contributed by atoms with Crippen LogP contribution in [-0.2, 0) is 0 Å². The zero-order valence-corrected chi connectivity index (χ0v) is 7.82. The summed E-state index contributed by atoms with van der Waals surface area (Å²) in [6, 6.07) is 2.41. The summed E-state index contributed by atoms with van der Waals surface area (Å²) >= 11 is 2.91. The predicted octanol–water partition coefficient (Wildman–Crippen LogP) is 2.06. The Morgan fingerprint density at radius 1 is 1.69 bits per heavy atom. The fourth-order valence-electron chi connectivity index (χ4n) is 0.680. The molecule has 1 heterocycles. The predicted molar refractivity (Wildman–Crippen MR) is 45.2 cm³/mol. The van der Waals surface area contributed by atoms with E-state index in [4.69, 9.17) is 0 Å². The summed E-state index contributed by atoms with van der Waals surface area (Å²) in [7, 11) is 0. The van der Waals surface area contributed by atoms with Gasteiger partial charge in [-0.05, 0) is 16.0 Å². The highest BCUT2D eigenvalue weighted by atomic mass is 79.9. The number of hydrogen-bond acceptors (Lipinski definition) is 4. The Labute approximate surface area is 80.8 Å². The van der Waals surface area contributed by atoms with Gasteiger partial charge in [0.15, 0.2) is 5.75 Å². The molecule has 0 saturated carbocycles. The van der Waals surface area contributed by atoms with Crippen LogP contribution in [0.5, 0.6) is 5.75 Å². The third kappa shape index (κ3) is 2.35. The first-order valence-electron chi connectivity index (χ1n) is 3.15. The van der Waals surface area contributed by atoms with E-state index in [-0.39, 0.29) is 16.2 Å². The number of nitro groups is 1. The molecule has 5 nitrogen and oxygen atoms in total. The molecule has 0 saturated heterocycles. The average molecular weight is 251 g/mol. The highest BCUT2D eigenvalue weighted by Crippen LogP contribution is 2.25. The van der Waals surface area contributed by atoms with E-state index in [1.165, 1.54) is 6.07 Å². The van der Waals surface area contributed by atoms with Crippen molar-refractivity contribution in [2.24, 2.45) is 0 Å². The molecule has 0 bridgehead atoms. The second-order valence-electron chi connectivity index (χ2n) is 1.97. The number of hydrogen-bond donors (Lipinski definition) is 0. The number of pyridine rings is 1. The van der Waals surface area contributed by atoms with E-state index in [1.807, 2.05) is 0 Å². The molecule has 0 amide bonds. The van der Waals surface area contributed by atoms with Gasteiger partial charge in [-0.3, -0.25) is 0 Å². The van der Waals surface area contributed by atoms with Gasteiger partial charge in [-0.1, -0.05) is 0 Å². The lowest BCUT2D eigenvalue weighted by Gasteiger charge is -1.99. The first kappa shape index (κ1) is 9.85. The number of ether oxygens (including phenoxy) is 1. The van der Waals surface area contributed by atoms with Gasteiger partial charge in [0.05, 0.1) is 0 Å². The molecule has 0 aliphatic rings. The van der Waals surface area contributed by atoms with Crippen molar-refractivity contribution in [3.05, 3.63) is 26.9 Å². The lowest BCUT2D eigenvalue weighted by Crippen LogP contribution is -1.96. The van der Waals surface area contributed by atoms with Crippen LogP contribution in [0, 0.1) is 10.1 Å². The fourth-order valence-corrected chi connectivity index (χ4v) is 1.11. The Balaban J connectivity index is 2.98. The third-order valence-electron chi connectivity index (χ3n) is 1.20. The molecule has 0 spiro atoms. The van der Waals surface area contributed by atoms with Crippen LogP contribution < -0.4 is 4.74 Å². The van der Waals surface area contributed by atoms with Crippen molar-refractivity contribution in [2.45, 2.75) is 0 Å². The van der Waals surface area contributed by atoms with E-state index in [1.54, 1.807) is 0 Å². The Morgan fingerprint density at radius 2 is 2.38 bits per heavy atom. The number of rotatable bonds is 3. The molecule has 7 heteroatoms. The minimum absolute atomic E-state index is 0.111. The summed E-state index contributed by atoms with van der Waals surface area (Å²) in [6.07, 6.45) is 0. The summed E-state index contributed by atoms with van der Waals surface area (Å²) in [6.45, 7) is -1.00. The van der Waals surface area contributed by atoms with Gasteiger partial charge in [0.1, 0.15) is 0 Å². The molecule has 13 heavy (non-hydrogen) atoms. The van der Waals surface area contributed by atoms with E-state index in [0.29, 0.717) is 0 Å². The summed E-state index contributed by atoms with van der Waals surface area (Å²) < 4.78 is 16.3. The molecule has 1 aromatic rings. The average Bonchev–Trinajstić information content (AvgIpc) is 2.08. The largest absolute Gasteiger partial charge is 0.458 e.